The molecule has 0 radical (unpaired) electrons. The summed E-state index contributed by atoms with van der Waals surface area (Å²) in [6, 6.07) is 13.6. The molecular weight excluding hydrogens is 352 g/mol. The van der Waals surface area contributed by atoms with Crippen molar-refractivity contribution in [1.82, 2.24) is 20.6 Å². The van der Waals surface area contributed by atoms with Gasteiger partial charge in [-0.1, -0.05) is 18.2 Å². The molecule has 3 heterocycles. The molecule has 0 spiro atoms. The first-order valence-corrected chi connectivity index (χ1v) is 9.52. The highest BCUT2D eigenvalue weighted by molar-refractivity contribution is 5.87. The molecule has 0 saturated carbocycles. The number of amides is 1. The van der Waals surface area contributed by atoms with E-state index >= 15 is 0 Å². The van der Waals surface area contributed by atoms with Crippen molar-refractivity contribution in [3.05, 3.63) is 71.7 Å². The van der Waals surface area contributed by atoms with Gasteiger partial charge < -0.3 is 15.4 Å². The van der Waals surface area contributed by atoms with E-state index in [2.05, 4.69) is 20.6 Å². The molecule has 6 heteroatoms. The summed E-state index contributed by atoms with van der Waals surface area (Å²) in [4.78, 5) is 22.2. The number of nitrogens with one attached hydrogen (secondary N) is 2. The van der Waals surface area contributed by atoms with Gasteiger partial charge in [0.15, 0.2) is 0 Å². The first kappa shape index (κ1) is 18.5. The Morgan fingerprint density at radius 3 is 2.89 bits per heavy atom. The van der Waals surface area contributed by atoms with Gasteiger partial charge in [0.05, 0.1) is 17.8 Å². The average Bonchev–Trinajstić information content (AvgIpc) is 2.73. The van der Waals surface area contributed by atoms with Crippen LogP contribution in [0.1, 0.15) is 23.7 Å². The van der Waals surface area contributed by atoms with E-state index in [-0.39, 0.29) is 11.9 Å². The Morgan fingerprint density at radius 1 is 1.25 bits per heavy atom. The summed E-state index contributed by atoms with van der Waals surface area (Å²) in [5.74, 6) is -0.180. The number of pyridine rings is 2. The number of fused-ring (bicyclic) bond motifs is 1. The lowest BCUT2D eigenvalue weighted by molar-refractivity contribution is -0.160. The summed E-state index contributed by atoms with van der Waals surface area (Å²) in [7, 11) is 0. The highest BCUT2D eigenvalue weighted by Gasteiger charge is 2.50. The second-order valence-corrected chi connectivity index (χ2v) is 7.14. The van der Waals surface area contributed by atoms with E-state index in [1.807, 2.05) is 56.3 Å². The van der Waals surface area contributed by atoms with Crippen molar-refractivity contribution in [3.63, 3.8) is 0 Å². The first-order chi connectivity index (χ1) is 13.6. The Kier molecular flexibility index (Phi) is 5.07. The minimum atomic E-state index is -1.15. The van der Waals surface area contributed by atoms with Crippen LogP contribution in [0.5, 0.6) is 0 Å². The second kappa shape index (κ2) is 7.66. The van der Waals surface area contributed by atoms with E-state index in [1.54, 1.807) is 12.4 Å². The molecule has 4 rings (SSSR count). The Bertz CT molecular complexity index is 1010. The van der Waals surface area contributed by atoms with Crippen LogP contribution >= 0.6 is 0 Å². The lowest BCUT2D eigenvalue weighted by Gasteiger charge is -2.41. The Morgan fingerprint density at radius 2 is 2.07 bits per heavy atom. The third-order valence-corrected chi connectivity index (χ3v) is 5.31. The van der Waals surface area contributed by atoms with Gasteiger partial charge in [0, 0.05) is 36.9 Å². The summed E-state index contributed by atoms with van der Waals surface area (Å²) in [5, 5.41) is 7.48. The number of benzene rings is 1. The summed E-state index contributed by atoms with van der Waals surface area (Å²) in [6.07, 6.45) is 3.48. The van der Waals surface area contributed by atoms with E-state index in [9.17, 15) is 4.79 Å². The highest BCUT2D eigenvalue weighted by Crippen LogP contribution is 2.33. The van der Waals surface area contributed by atoms with Gasteiger partial charge in [-0.05, 0) is 49.2 Å². The lowest BCUT2D eigenvalue weighted by atomic mass is 9.86. The molecule has 1 aromatic carbocycles. The summed E-state index contributed by atoms with van der Waals surface area (Å²) in [5.41, 5.74) is 2.40. The molecule has 1 fully saturated rings. The predicted molar refractivity (Wildman–Crippen MR) is 108 cm³/mol. The molecule has 3 aromatic rings. The number of ether oxygens (including phenoxy) is 1. The fraction of sp³-hybridized carbons (Fsp3) is 0.318. The van der Waals surface area contributed by atoms with E-state index in [0.717, 1.165) is 22.0 Å². The number of hydrogen-bond donors (Lipinski definition) is 2. The molecule has 2 unspecified atom stereocenters. The maximum atomic E-state index is 13.4. The molecule has 1 amide bonds. The number of nitrogens with zero attached hydrogens (tertiary/aromatic N) is 2. The molecule has 2 atom stereocenters. The summed E-state index contributed by atoms with van der Waals surface area (Å²) < 4.78 is 6.12. The maximum Gasteiger partial charge on any atom is 0.260 e. The van der Waals surface area contributed by atoms with Crippen molar-refractivity contribution in [2.75, 3.05) is 13.2 Å². The molecule has 1 aliphatic rings. The monoisotopic (exact) mass is 376 g/mol. The molecular formula is C22H24N4O2. The van der Waals surface area contributed by atoms with Gasteiger partial charge in [0.2, 0.25) is 5.60 Å². The average molecular weight is 376 g/mol. The van der Waals surface area contributed by atoms with Gasteiger partial charge >= 0.3 is 0 Å². The van der Waals surface area contributed by atoms with Crippen LogP contribution in [0, 0.1) is 6.92 Å². The smallest absolute Gasteiger partial charge is 0.260 e. The normalized spacial score (nSPS) is 22.1. The van der Waals surface area contributed by atoms with Crippen molar-refractivity contribution in [1.29, 1.82) is 0 Å². The molecule has 0 aliphatic carbocycles. The fourth-order valence-electron chi connectivity index (χ4n) is 3.82. The highest BCUT2D eigenvalue weighted by atomic mass is 16.5. The zero-order valence-electron chi connectivity index (χ0n) is 16.1. The summed E-state index contributed by atoms with van der Waals surface area (Å²) >= 11 is 0. The molecule has 6 nitrogen and oxygen atoms in total. The number of morpholine rings is 1. The predicted octanol–water partition coefficient (Wildman–Crippen LogP) is 2.46. The summed E-state index contributed by atoms with van der Waals surface area (Å²) in [6.45, 7) is 5.50. The quantitative estimate of drug-likeness (QED) is 0.732. The number of carbonyl (C=O) groups excluding carboxylic acids is 1. The van der Waals surface area contributed by atoms with Crippen LogP contribution in [0.4, 0.5) is 0 Å². The molecule has 0 bridgehead atoms. The molecule has 1 saturated heterocycles. The van der Waals surface area contributed by atoms with E-state index in [4.69, 9.17) is 4.74 Å². The zero-order valence-corrected chi connectivity index (χ0v) is 16.1. The van der Waals surface area contributed by atoms with Crippen LogP contribution in [0.2, 0.25) is 0 Å². The van der Waals surface area contributed by atoms with Crippen LogP contribution in [0.3, 0.4) is 0 Å². The number of hydrogen-bond acceptors (Lipinski definition) is 5. The third kappa shape index (κ3) is 3.25. The lowest BCUT2D eigenvalue weighted by Crippen LogP contribution is -2.62. The number of aromatic nitrogens is 2. The second-order valence-electron chi connectivity index (χ2n) is 7.14. The van der Waals surface area contributed by atoms with Gasteiger partial charge in [-0.25, -0.2) is 0 Å². The van der Waals surface area contributed by atoms with Gasteiger partial charge in [-0.3, -0.25) is 14.8 Å². The third-order valence-electron chi connectivity index (χ3n) is 5.31. The van der Waals surface area contributed by atoms with Crippen LogP contribution in [0.15, 0.2) is 54.9 Å². The van der Waals surface area contributed by atoms with E-state index in [0.29, 0.717) is 25.4 Å². The standard InChI is InChI=1S/C22H24N4O2/c1-15-5-3-10-25-20(15)22(16(2)23-11-12-28-22)21(27)26-14-17-7-8-19-18(13-17)6-4-9-24-19/h3-10,13,16,23H,11-12,14H2,1-2H3,(H,26,27). The fourth-order valence-corrected chi connectivity index (χ4v) is 3.82. The number of aryl methyl sites for hydroxylation is 1. The van der Waals surface area contributed by atoms with Crippen molar-refractivity contribution >= 4 is 16.8 Å². The molecule has 1 aliphatic heterocycles. The van der Waals surface area contributed by atoms with Crippen molar-refractivity contribution in [3.8, 4) is 0 Å². The molecule has 2 N–H and O–H groups in total. The topological polar surface area (TPSA) is 76.1 Å². The molecule has 28 heavy (non-hydrogen) atoms. The van der Waals surface area contributed by atoms with Crippen LogP contribution < -0.4 is 10.6 Å². The van der Waals surface area contributed by atoms with Crippen molar-refractivity contribution in [2.24, 2.45) is 0 Å². The van der Waals surface area contributed by atoms with Gasteiger partial charge in [-0.15, -0.1) is 0 Å². The Hall–Kier alpha value is -2.83. The van der Waals surface area contributed by atoms with Gasteiger partial charge in [0.1, 0.15) is 0 Å². The largest absolute Gasteiger partial charge is 0.356 e. The zero-order chi connectivity index (χ0) is 19.6. The molecule has 144 valence electrons. The van der Waals surface area contributed by atoms with Crippen LogP contribution in [-0.4, -0.2) is 35.1 Å². The van der Waals surface area contributed by atoms with E-state index < -0.39 is 5.60 Å². The SMILES string of the molecule is Cc1cccnc1C1(C(=O)NCc2ccc3ncccc3c2)OCCNC1C. The van der Waals surface area contributed by atoms with E-state index in [1.165, 1.54) is 0 Å². The van der Waals surface area contributed by atoms with Crippen LogP contribution in [-0.2, 0) is 21.7 Å². The Labute approximate surface area is 164 Å². The first-order valence-electron chi connectivity index (χ1n) is 9.52. The van der Waals surface area contributed by atoms with Gasteiger partial charge in [0.25, 0.3) is 5.91 Å². The maximum absolute atomic E-state index is 13.4. The van der Waals surface area contributed by atoms with Crippen molar-refractivity contribution in [2.45, 2.75) is 32.0 Å². The molecule has 2 aromatic heterocycles. The Balaban J connectivity index is 1.61. The van der Waals surface area contributed by atoms with Gasteiger partial charge in [-0.2, -0.15) is 0 Å². The minimum absolute atomic E-state index is 0.180. The number of carbonyl (C=O) groups is 1. The van der Waals surface area contributed by atoms with Crippen LogP contribution in [0.25, 0.3) is 10.9 Å². The van der Waals surface area contributed by atoms with Crippen molar-refractivity contribution < 1.29 is 9.53 Å². The number of rotatable bonds is 4. The minimum Gasteiger partial charge on any atom is -0.356 e.